The van der Waals surface area contributed by atoms with Gasteiger partial charge in [-0.05, 0) is 24.1 Å². The molecule has 0 N–H and O–H groups in total. The lowest BCUT2D eigenvalue weighted by Crippen LogP contribution is -2.37. The lowest BCUT2D eigenvalue weighted by molar-refractivity contribution is -0.146. The van der Waals surface area contributed by atoms with E-state index < -0.39 is 5.92 Å². The number of benzene rings is 2. The minimum absolute atomic E-state index is 0.257. The Hall–Kier alpha value is -2.73. The van der Waals surface area contributed by atoms with Gasteiger partial charge in [0.2, 0.25) is 5.75 Å². The Labute approximate surface area is 166 Å². The molecular weight excluding hydrogens is 358 g/mol. The van der Waals surface area contributed by atoms with Crippen LogP contribution in [0, 0.1) is 0 Å². The number of fused-ring (bicyclic) bond motifs is 1. The third-order valence-corrected chi connectivity index (χ3v) is 4.96. The van der Waals surface area contributed by atoms with Crippen molar-refractivity contribution in [2.24, 2.45) is 0 Å². The molecule has 28 heavy (non-hydrogen) atoms. The predicted molar refractivity (Wildman–Crippen MR) is 106 cm³/mol. The van der Waals surface area contributed by atoms with Crippen molar-refractivity contribution in [3.8, 4) is 17.2 Å². The molecule has 1 aliphatic heterocycles. The number of hydrogen-bond donors (Lipinski definition) is 0. The highest BCUT2D eigenvalue weighted by molar-refractivity contribution is 5.82. The lowest BCUT2D eigenvalue weighted by atomic mass is 9.87. The number of hydrogen-bond acceptors (Lipinski definition) is 6. The average molecular weight is 385 g/mol. The van der Waals surface area contributed by atoms with Crippen molar-refractivity contribution < 1.29 is 23.7 Å². The van der Waals surface area contributed by atoms with Crippen LogP contribution in [0.3, 0.4) is 0 Å². The lowest BCUT2D eigenvalue weighted by Gasteiger charge is -2.35. The highest BCUT2D eigenvalue weighted by atomic mass is 16.5. The second-order valence-electron chi connectivity index (χ2n) is 6.68. The Morgan fingerprint density at radius 2 is 1.79 bits per heavy atom. The molecule has 0 radical (unpaired) electrons. The van der Waals surface area contributed by atoms with Crippen LogP contribution < -0.4 is 14.2 Å². The van der Waals surface area contributed by atoms with Crippen LogP contribution in [0.1, 0.15) is 29.5 Å². The second-order valence-corrected chi connectivity index (χ2v) is 6.68. The highest BCUT2D eigenvalue weighted by Gasteiger charge is 2.37. The zero-order chi connectivity index (χ0) is 20.1. The van der Waals surface area contributed by atoms with E-state index in [0.717, 1.165) is 17.7 Å². The molecule has 1 atom stereocenters. The van der Waals surface area contributed by atoms with Crippen molar-refractivity contribution in [1.82, 2.24) is 4.90 Å². The number of carbonyl (C=O) groups is 1. The standard InChI is InChI=1S/C22H27NO5/c1-5-28-22(24)17-14-23(12-15-9-7-6-8-10-15)13-16-11-18(25-2)20(26-3)21(27-4)19(16)17/h6-11,17H,5,12-14H2,1-4H3. The van der Waals surface area contributed by atoms with Gasteiger partial charge in [0.05, 0.1) is 33.9 Å². The number of carbonyl (C=O) groups excluding carboxylic acids is 1. The average Bonchev–Trinajstić information content (AvgIpc) is 2.72. The maximum atomic E-state index is 12.8. The number of methoxy groups -OCH3 is 3. The smallest absolute Gasteiger partial charge is 0.314 e. The molecule has 0 aliphatic carbocycles. The molecule has 3 rings (SSSR count). The minimum Gasteiger partial charge on any atom is -0.493 e. The van der Waals surface area contributed by atoms with Gasteiger partial charge in [-0.1, -0.05) is 30.3 Å². The van der Waals surface area contributed by atoms with Crippen molar-refractivity contribution >= 4 is 5.97 Å². The van der Waals surface area contributed by atoms with E-state index in [-0.39, 0.29) is 5.97 Å². The van der Waals surface area contributed by atoms with E-state index in [0.29, 0.717) is 36.9 Å². The molecule has 150 valence electrons. The Bertz CT molecular complexity index is 821. The van der Waals surface area contributed by atoms with Gasteiger partial charge < -0.3 is 18.9 Å². The summed E-state index contributed by atoms with van der Waals surface area (Å²) in [5, 5.41) is 0. The maximum Gasteiger partial charge on any atom is 0.314 e. The molecule has 2 aromatic carbocycles. The summed E-state index contributed by atoms with van der Waals surface area (Å²) >= 11 is 0. The van der Waals surface area contributed by atoms with Crippen molar-refractivity contribution in [3.63, 3.8) is 0 Å². The maximum absolute atomic E-state index is 12.8. The summed E-state index contributed by atoms with van der Waals surface area (Å²) in [5.74, 6) is 0.903. The first-order valence-corrected chi connectivity index (χ1v) is 9.37. The van der Waals surface area contributed by atoms with Crippen LogP contribution in [-0.4, -0.2) is 45.4 Å². The summed E-state index contributed by atoms with van der Waals surface area (Å²) in [6, 6.07) is 12.1. The van der Waals surface area contributed by atoms with Crippen molar-refractivity contribution in [2.75, 3.05) is 34.5 Å². The number of ether oxygens (including phenoxy) is 4. The zero-order valence-electron chi connectivity index (χ0n) is 16.9. The van der Waals surface area contributed by atoms with Gasteiger partial charge in [0.25, 0.3) is 0 Å². The third-order valence-electron chi connectivity index (χ3n) is 4.96. The van der Waals surface area contributed by atoms with E-state index in [2.05, 4.69) is 17.0 Å². The molecule has 1 aliphatic rings. The van der Waals surface area contributed by atoms with Crippen LogP contribution in [-0.2, 0) is 22.6 Å². The second kappa shape index (κ2) is 8.97. The molecule has 0 spiro atoms. The van der Waals surface area contributed by atoms with Crippen molar-refractivity contribution in [1.29, 1.82) is 0 Å². The Kier molecular flexibility index (Phi) is 6.41. The van der Waals surface area contributed by atoms with E-state index >= 15 is 0 Å². The summed E-state index contributed by atoms with van der Waals surface area (Å²) < 4.78 is 22.1. The van der Waals surface area contributed by atoms with Crippen LogP contribution >= 0.6 is 0 Å². The molecule has 2 aromatic rings. The topological polar surface area (TPSA) is 57.2 Å². The summed E-state index contributed by atoms with van der Waals surface area (Å²) in [5.41, 5.74) is 3.00. The molecule has 0 saturated carbocycles. The number of rotatable bonds is 7. The van der Waals surface area contributed by atoms with Crippen LogP contribution in [0.15, 0.2) is 36.4 Å². The van der Waals surface area contributed by atoms with Gasteiger partial charge in [-0.3, -0.25) is 9.69 Å². The SMILES string of the molecule is CCOC(=O)C1CN(Cc2ccccc2)Cc2cc(OC)c(OC)c(OC)c21. The molecule has 0 saturated heterocycles. The van der Waals surface area contributed by atoms with Gasteiger partial charge in [-0.25, -0.2) is 0 Å². The molecule has 1 heterocycles. The van der Waals surface area contributed by atoms with Gasteiger partial charge in [0, 0.05) is 25.2 Å². The number of nitrogens with zero attached hydrogens (tertiary/aromatic N) is 1. The molecule has 0 amide bonds. The normalized spacial score (nSPS) is 16.2. The van der Waals surface area contributed by atoms with Gasteiger partial charge >= 0.3 is 5.97 Å². The largest absolute Gasteiger partial charge is 0.493 e. The fourth-order valence-corrected chi connectivity index (χ4v) is 3.79. The third kappa shape index (κ3) is 3.92. The monoisotopic (exact) mass is 385 g/mol. The van der Waals surface area contributed by atoms with Crippen molar-refractivity contribution in [3.05, 3.63) is 53.1 Å². The summed E-state index contributed by atoms with van der Waals surface area (Å²) in [7, 11) is 4.74. The zero-order valence-corrected chi connectivity index (χ0v) is 16.9. The van der Waals surface area contributed by atoms with Crippen LogP contribution in [0.2, 0.25) is 0 Å². The first-order chi connectivity index (χ1) is 13.6. The van der Waals surface area contributed by atoms with Gasteiger partial charge in [0.15, 0.2) is 11.5 Å². The van der Waals surface area contributed by atoms with E-state index in [1.54, 1.807) is 21.3 Å². The van der Waals surface area contributed by atoms with Gasteiger partial charge in [-0.2, -0.15) is 0 Å². The van der Waals surface area contributed by atoms with E-state index in [9.17, 15) is 4.79 Å². The predicted octanol–water partition coefficient (Wildman–Crippen LogP) is 3.37. The minimum atomic E-state index is -0.456. The Morgan fingerprint density at radius 1 is 1.07 bits per heavy atom. The molecule has 0 aromatic heterocycles. The van der Waals surface area contributed by atoms with Crippen LogP contribution in [0.25, 0.3) is 0 Å². The van der Waals surface area contributed by atoms with E-state index in [1.807, 2.05) is 31.2 Å². The molecule has 1 unspecified atom stereocenters. The summed E-state index contributed by atoms with van der Waals surface area (Å²) in [6.45, 7) is 4.12. The quantitative estimate of drug-likeness (QED) is 0.681. The Morgan fingerprint density at radius 3 is 2.39 bits per heavy atom. The van der Waals surface area contributed by atoms with Gasteiger partial charge in [-0.15, -0.1) is 0 Å². The molecular formula is C22H27NO5. The van der Waals surface area contributed by atoms with E-state index in [1.165, 1.54) is 5.56 Å². The molecule has 6 heteroatoms. The molecule has 0 fully saturated rings. The molecule has 6 nitrogen and oxygen atoms in total. The first-order valence-electron chi connectivity index (χ1n) is 9.37. The summed E-state index contributed by atoms with van der Waals surface area (Å²) in [6.07, 6.45) is 0. The summed E-state index contributed by atoms with van der Waals surface area (Å²) in [4.78, 5) is 15.0. The van der Waals surface area contributed by atoms with Gasteiger partial charge in [0.1, 0.15) is 0 Å². The number of esters is 1. The van der Waals surface area contributed by atoms with Crippen molar-refractivity contribution in [2.45, 2.75) is 25.9 Å². The fraction of sp³-hybridized carbons (Fsp3) is 0.409. The fourth-order valence-electron chi connectivity index (χ4n) is 3.79. The van der Waals surface area contributed by atoms with E-state index in [4.69, 9.17) is 18.9 Å². The van der Waals surface area contributed by atoms with Crippen LogP contribution in [0.5, 0.6) is 17.2 Å². The first kappa shape index (κ1) is 20.0. The van der Waals surface area contributed by atoms with Crippen LogP contribution in [0.4, 0.5) is 0 Å². The Balaban J connectivity index is 2.05. The molecule has 0 bridgehead atoms. The highest BCUT2D eigenvalue weighted by Crippen LogP contribution is 2.47.